The second kappa shape index (κ2) is 7.46. The molecule has 2 aromatic carbocycles. The van der Waals surface area contributed by atoms with Crippen LogP contribution in [0.5, 0.6) is 5.75 Å². The molecule has 2 aromatic heterocycles. The van der Waals surface area contributed by atoms with Crippen molar-refractivity contribution in [3.8, 4) is 5.75 Å². The zero-order valence-electron chi connectivity index (χ0n) is 14.9. The van der Waals surface area contributed by atoms with Gasteiger partial charge in [0.2, 0.25) is 0 Å². The summed E-state index contributed by atoms with van der Waals surface area (Å²) < 4.78 is 1.71. The number of rotatable bonds is 5. The van der Waals surface area contributed by atoms with Crippen LogP contribution in [-0.2, 0) is 19.4 Å². The van der Waals surface area contributed by atoms with E-state index in [1.54, 1.807) is 16.8 Å². The molecule has 134 valence electrons. The van der Waals surface area contributed by atoms with E-state index < -0.39 is 0 Å². The van der Waals surface area contributed by atoms with Crippen molar-refractivity contribution in [1.29, 1.82) is 0 Å². The molecule has 4 heteroatoms. The van der Waals surface area contributed by atoms with Gasteiger partial charge >= 0.3 is 0 Å². The van der Waals surface area contributed by atoms with Crippen LogP contribution >= 0.6 is 0 Å². The van der Waals surface area contributed by atoms with E-state index >= 15 is 0 Å². The largest absolute Gasteiger partial charge is 0.506 e. The Bertz CT molecular complexity index is 1120. The van der Waals surface area contributed by atoms with Gasteiger partial charge in [-0.05, 0) is 30.0 Å². The first-order valence-electron chi connectivity index (χ1n) is 8.99. The van der Waals surface area contributed by atoms with Crippen LogP contribution < -0.4 is 5.56 Å². The molecule has 2 heterocycles. The molecule has 0 unspecified atom stereocenters. The number of aromatic hydroxyl groups is 1. The van der Waals surface area contributed by atoms with E-state index in [1.165, 1.54) is 11.8 Å². The standard InChI is InChI=1S/C23H20N2O2/c26-22-15-24-14-21-20(22)13-19(12-11-17-7-3-1-4-8-17)23(27)25(21)16-18-9-5-2-6-10-18/h1-10,13-15,26H,11-12,16H2. The monoisotopic (exact) mass is 356 g/mol. The van der Waals surface area contributed by atoms with Crippen molar-refractivity contribution in [2.24, 2.45) is 0 Å². The van der Waals surface area contributed by atoms with Gasteiger partial charge in [-0.1, -0.05) is 60.7 Å². The fourth-order valence-corrected chi connectivity index (χ4v) is 3.36. The Balaban J connectivity index is 1.79. The molecule has 0 amide bonds. The predicted molar refractivity (Wildman–Crippen MR) is 107 cm³/mol. The second-order valence-corrected chi connectivity index (χ2v) is 6.62. The van der Waals surface area contributed by atoms with Crippen molar-refractivity contribution < 1.29 is 5.11 Å². The number of aromatic nitrogens is 2. The van der Waals surface area contributed by atoms with E-state index in [4.69, 9.17) is 0 Å². The van der Waals surface area contributed by atoms with E-state index in [2.05, 4.69) is 17.1 Å². The van der Waals surface area contributed by atoms with E-state index in [0.29, 0.717) is 29.4 Å². The number of fused-ring (bicyclic) bond motifs is 1. The van der Waals surface area contributed by atoms with E-state index in [0.717, 1.165) is 12.0 Å². The number of benzene rings is 2. The quantitative estimate of drug-likeness (QED) is 0.589. The molecule has 27 heavy (non-hydrogen) atoms. The van der Waals surface area contributed by atoms with Gasteiger partial charge in [0.1, 0.15) is 5.75 Å². The summed E-state index contributed by atoms with van der Waals surface area (Å²) in [5.41, 5.74) is 3.53. The fraction of sp³-hybridized carbons (Fsp3) is 0.130. The van der Waals surface area contributed by atoms with E-state index in [9.17, 15) is 9.90 Å². The Labute approximate surface area is 157 Å². The smallest absolute Gasteiger partial charge is 0.254 e. The Kier molecular flexibility index (Phi) is 4.71. The van der Waals surface area contributed by atoms with Gasteiger partial charge in [0.25, 0.3) is 5.56 Å². The summed E-state index contributed by atoms with van der Waals surface area (Å²) in [5.74, 6) is 0.0928. The molecule has 0 fully saturated rings. The normalized spacial score (nSPS) is 11.0. The first kappa shape index (κ1) is 17.0. The van der Waals surface area contributed by atoms with Gasteiger partial charge in [-0.3, -0.25) is 9.78 Å². The van der Waals surface area contributed by atoms with Crippen LogP contribution in [0.2, 0.25) is 0 Å². The summed E-state index contributed by atoms with van der Waals surface area (Å²) in [6.45, 7) is 0.445. The van der Waals surface area contributed by atoms with E-state index in [-0.39, 0.29) is 11.3 Å². The predicted octanol–water partition coefficient (Wildman–Crippen LogP) is 3.94. The highest BCUT2D eigenvalue weighted by Crippen LogP contribution is 2.23. The maximum Gasteiger partial charge on any atom is 0.254 e. The molecule has 4 aromatic rings. The minimum Gasteiger partial charge on any atom is -0.506 e. The summed E-state index contributed by atoms with van der Waals surface area (Å²) in [6, 6.07) is 21.8. The number of hydrogen-bond acceptors (Lipinski definition) is 3. The highest BCUT2D eigenvalue weighted by Gasteiger charge is 2.13. The molecule has 0 aliphatic heterocycles. The van der Waals surface area contributed by atoms with Crippen LogP contribution in [0.25, 0.3) is 10.9 Å². The maximum atomic E-state index is 13.2. The SMILES string of the molecule is O=c1c(CCc2ccccc2)cc2c(O)cncc2n1Cc1ccccc1. The molecule has 0 aliphatic carbocycles. The zero-order valence-corrected chi connectivity index (χ0v) is 14.9. The lowest BCUT2D eigenvalue weighted by molar-refractivity contribution is 0.478. The van der Waals surface area contributed by atoms with Crippen LogP contribution in [0.1, 0.15) is 16.7 Å². The van der Waals surface area contributed by atoms with Crippen LogP contribution in [-0.4, -0.2) is 14.7 Å². The number of nitrogens with zero attached hydrogens (tertiary/aromatic N) is 2. The molecule has 1 N–H and O–H groups in total. The molecule has 0 saturated carbocycles. The average Bonchev–Trinajstić information content (AvgIpc) is 2.71. The van der Waals surface area contributed by atoms with Crippen molar-refractivity contribution in [1.82, 2.24) is 9.55 Å². The summed E-state index contributed by atoms with van der Waals surface area (Å²) in [5, 5.41) is 10.9. The zero-order chi connectivity index (χ0) is 18.6. The topological polar surface area (TPSA) is 55.1 Å². The molecule has 0 radical (unpaired) electrons. The van der Waals surface area contributed by atoms with Crippen molar-refractivity contribution in [3.05, 3.63) is 106 Å². The Morgan fingerprint density at radius 1 is 0.852 bits per heavy atom. The van der Waals surface area contributed by atoms with Crippen LogP contribution in [0, 0.1) is 0 Å². The highest BCUT2D eigenvalue weighted by molar-refractivity contribution is 5.84. The Morgan fingerprint density at radius 3 is 2.22 bits per heavy atom. The van der Waals surface area contributed by atoms with Gasteiger partial charge in [0.05, 0.1) is 24.5 Å². The molecule has 4 nitrogen and oxygen atoms in total. The van der Waals surface area contributed by atoms with Crippen LogP contribution in [0.15, 0.2) is 83.9 Å². The van der Waals surface area contributed by atoms with E-state index in [1.807, 2.05) is 48.5 Å². The van der Waals surface area contributed by atoms with Gasteiger partial charge in [0, 0.05) is 10.9 Å². The third kappa shape index (κ3) is 3.60. The molecule has 0 bridgehead atoms. The average molecular weight is 356 g/mol. The summed E-state index contributed by atoms with van der Waals surface area (Å²) in [7, 11) is 0. The third-order valence-electron chi connectivity index (χ3n) is 4.78. The van der Waals surface area contributed by atoms with Crippen LogP contribution in [0.4, 0.5) is 0 Å². The Hall–Kier alpha value is -3.40. The minimum absolute atomic E-state index is 0.0327. The second-order valence-electron chi connectivity index (χ2n) is 6.62. The van der Waals surface area contributed by atoms with Crippen molar-refractivity contribution in [2.75, 3.05) is 0 Å². The lowest BCUT2D eigenvalue weighted by Crippen LogP contribution is -2.25. The molecule has 0 spiro atoms. The van der Waals surface area contributed by atoms with Crippen molar-refractivity contribution in [2.45, 2.75) is 19.4 Å². The minimum atomic E-state index is -0.0327. The highest BCUT2D eigenvalue weighted by atomic mass is 16.3. The number of pyridine rings is 2. The number of hydrogen-bond donors (Lipinski definition) is 1. The van der Waals surface area contributed by atoms with Gasteiger partial charge in [0.15, 0.2) is 0 Å². The fourth-order valence-electron chi connectivity index (χ4n) is 3.36. The molecule has 0 aliphatic rings. The van der Waals surface area contributed by atoms with Gasteiger partial charge in [-0.25, -0.2) is 0 Å². The number of aryl methyl sites for hydroxylation is 2. The van der Waals surface area contributed by atoms with Gasteiger partial charge in [-0.15, -0.1) is 0 Å². The summed E-state index contributed by atoms with van der Waals surface area (Å²) in [6.07, 6.45) is 4.45. The van der Waals surface area contributed by atoms with Gasteiger partial charge < -0.3 is 9.67 Å². The first-order chi connectivity index (χ1) is 13.2. The molecule has 0 atom stereocenters. The molecule has 0 saturated heterocycles. The van der Waals surface area contributed by atoms with Crippen molar-refractivity contribution in [3.63, 3.8) is 0 Å². The van der Waals surface area contributed by atoms with Crippen LogP contribution in [0.3, 0.4) is 0 Å². The first-order valence-corrected chi connectivity index (χ1v) is 8.99. The van der Waals surface area contributed by atoms with Crippen molar-refractivity contribution >= 4 is 10.9 Å². The molecule has 4 rings (SSSR count). The molecular weight excluding hydrogens is 336 g/mol. The third-order valence-corrected chi connectivity index (χ3v) is 4.78. The lowest BCUT2D eigenvalue weighted by Gasteiger charge is -2.14. The molecular formula is C23H20N2O2. The maximum absolute atomic E-state index is 13.2. The summed E-state index contributed by atoms with van der Waals surface area (Å²) >= 11 is 0. The lowest BCUT2D eigenvalue weighted by atomic mass is 10.0. The summed E-state index contributed by atoms with van der Waals surface area (Å²) in [4.78, 5) is 17.2. The Morgan fingerprint density at radius 2 is 1.52 bits per heavy atom. The van der Waals surface area contributed by atoms with Gasteiger partial charge in [-0.2, -0.15) is 0 Å².